The van der Waals surface area contributed by atoms with Crippen LogP contribution >= 0.6 is 11.6 Å². The molecule has 1 fully saturated rings. The van der Waals surface area contributed by atoms with Gasteiger partial charge in [-0.05, 0) is 36.5 Å². The van der Waals surface area contributed by atoms with Crippen LogP contribution in [0.2, 0.25) is 5.02 Å². The van der Waals surface area contributed by atoms with Crippen LogP contribution in [0.1, 0.15) is 24.8 Å². The first-order valence-electron chi connectivity index (χ1n) is 6.08. The van der Waals surface area contributed by atoms with Crippen LogP contribution in [-0.2, 0) is 16.0 Å². The number of Topliss-reactive ketones (excluding diaryl/α,β-unsaturated/α-hetero) is 1. The Kier molecular flexibility index (Phi) is 4.57. The monoisotopic (exact) mass is 252 g/mol. The minimum atomic E-state index is 0.305. The van der Waals surface area contributed by atoms with E-state index in [1.807, 2.05) is 24.3 Å². The maximum absolute atomic E-state index is 11.9. The minimum Gasteiger partial charge on any atom is -0.381 e. The lowest BCUT2D eigenvalue weighted by Gasteiger charge is -2.21. The molecule has 0 aromatic heterocycles. The van der Waals surface area contributed by atoms with E-state index in [1.54, 1.807) is 0 Å². The molecule has 1 aliphatic heterocycles. The standard InChI is InChI=1S/C14H17ClO2/c15-13-3-1-2-12(8-13)10-14(16)9-11-4-6-17-7-5-11/h1-3,8,11H,4-7,9-10H2. The summed E-state index contributed by atoms with van der Waals surface area (Å²) in [6.45, 7) is 1.60. The molecule has 0 bridgehead atoms. The number of rotatable bonds is 4. The maximum atomic E-state index is 11.9. The highest BCUT2D eigenvalue weighted by Gasteiger charge is 2.17. The van der Waals surface area contributed by atoms with Crippen LogP contribution in [0.4, 0.5) is 0 Å². The fourth-order valence-electron chi connectivity index (χ4n) is 2.22. The number of hydrogen-bond acceptors (Lipinski definition) is 2. The van der Waals surface area contributed by atoms with Gasteiger partial charge in [0.1, 0.15) is 5.78 Å². The molecular weight excluding hydrogens is 236 g/mol. The predicted molar refractivity (Wildman–Crippen MR) is 68.3 cm³/mol. The third-order valence-electron chi connectivity index (χ3n) is 3.15. The van der Waals surface area contributed by atoms with E-state index in [0.29, 0.717) is 29.6 Å². The van der Waals surface area contributed by atoms with Crippen LogP contribution in [0.25, 0.3) is 0 Å². The highest BCUT2D eigenvalue weighted by molar-refractivity contribution is 6.30. The number of halogens is 1. The lowest BCUT2D eigenvalue weighted by molar-refractivity contribution is -0.120. The van der Waals surface area contributed by atoms with Gasteiger partial charge in [0.2, 0.25) is 0 Å². The molecule has 92 valence electrons. The van der Waals surface area contributed by atoms with Gasteiger partial charge in [-0.1, -0.05) is 23.7 Å². The summed E-state index contributed by atoms with van der Waals surface area (Å²) in [6, 6.07) is 7.53. The topological polar surface area (TPSA) is 26.3 Å². The molecular formula is C14H17ClO2. The molecule has 2 nitrogen and oxygen atoms in total. The number of benzene rings is 1. The highest BCUT2D eigenvalue weighted by Crippen LogP contribution is 2.20. The molecule has 0 atom stereocenters. The van der Waals surface area contributed by atoms with Crippen LogP contribution < -0.4 is 0 Å². The molecule has 1 aromatic carbocycles. The first-order chi connectivity index (χ1) is 8.24. The molecule has 0 saturated carbocycles. The third-order valence-corrected chi connectivity index (χ3v) is 3.38. The van der Waals surface area contributed by atoms with E-state index >= 15 is 0 Å². The molecule has 0 radical (unpaired) electrons. The second kappa shape index (κ2) is 6.18. The lowest BCUT2D eigenvalue weighted by atomic mass is 9.92. The summed E-state index contributed by atoms with van der Waals surface area (Å²) in [7, 11) is 0. The normalized spacial score (nSPS) is 17.0. The van der Waals surface area contributed by atoms with Gasteiger partial charge in [0.15, 0.2) is 0 Å². The van der Waals surface area contributed by atoms with Crippen molar-refractivity contribution in [3.63, 3.8) is 0 Å². The summed E-state index contributed by atoms with van der Waals surface area (Å²) in [5, 5.41) is 0.696. The van der Waals surface area contributed by atoms with Gasteiger partial charge in [-0.3, -0.25) is 4.79 Å². The SMILES string of the molecule is O=C(Cc1cccc(Cl)c1)CC1CCOCC1. The van der Waals surface area contributed by atoms with Gasteiger partial charge in [-0.15, -0.1) is 0 Å². The zero-order valence-electron chi connectivity index (χ0n) is 9.82. The fourth-order valence-corrected chi connectivity index (χ4v) is 2.43. The van der Waals surface area contributed by atoms with Gasteiger partial charge in [-0.2, -0.15) is 0 Å². The number of ketones is 1. The van der Waals surface area contributed by atoms with Crippen molar-refractivity contribution >= 4 is 17.4 Å². The summed E-state index contributed by atoms with van der Waals surface area (Å²) in [5.74, 6) is 0.814. The van der Waals surface area contributed by atoms with Crippen LogP contribution in [-0.4, -0.2) is 19.0 Å². The quantitative estimate of drug-likeness (QED) is 0.822. The van der Waals surface area contributed by atoms with Crippen molar-refractivity contribution in [3.8, 4) is 0 Å². The summed E-state index contributed by atoms with van der Waals surface area (Å²) < 4.78 is 5.29. The number of carbonyl (C=O) groups is 1. The first kappa shape index (κ1) is 12.6. The molecule has 1 heterocycles. The molecule has 1 aliphatic rings. The summed E-state index contributed by atoms with van der Waals surface area (Å²) in [6.07, 6.45) is 3.20. The van der Waals surface area contributed by atoms with Gasteiger partial charge in [0, 0.05) is 31.1 Å². The van der Waals surface area contributed by atoms with Crippen LogP contribution in [0.15, 0.2) is 24.3 Å². The molecule has 1 aromatic rings. The molecule has 0 unspecified atom stereocenters. The Bertz CT molecular complexity index is 384. The molecule has 3 heteroatoms. The van der Waals surface area contributed by atoms with Crippen molar-refractivity contribution in [1.82, 2.24) is 0 Å². The molecule has 2 rings (SSSR count). The molecule has 17 heavy (non-hydrogen) atoms. The Morgan fingerprint density at radius 2 is 2.12 bits per heavy atom. The average Bonchev–Trinajstić information content (AvgIpc) is 2.30. The third kappa shape index (κ3) is 4.14. The minimum absolute atomic E-state index is 0.305. The van der Waals surface area contributed by atoms with E-state index in [4.69, 9.17) is 16.3 Å². The summed E-state index contributed by atoms with van der Waals surface area (Å²) in [4.78, 5) is 11.9. The van der Waals surface area contributed by atoms with E-state index in [9.17, 15) is 4.79 Å². The van der Waals surface area contributed by atoms with Crippen molar-refractivity contribution in [1.29, 1.82) is 0 Å². The summed E-state index contributed by atoms with van der Waals surface area (Å²) in [5.41, 5.74) is 1.01. The van der Waals surface area contributed by atoms with Crippen molar-refractivity contribution < 1.29 is 9.53 Å². The second-order valence-corrected chi connectivity index (χ2v) is 5.04. The Morgan fingerprint density at radius 1 is 1.35 bits per heavy atom. The van der Waals surface area contributed by atoms with Gasteiger partial charge >= 0.3 is 0 Å². The fraction of sp³-hybridized carbons (Fsp3) is 0.500. The Hall–Kier alpha value is -0.860. The van der Waals surface area contributed by atoms with Gasteiger partial charge in [0.05, 0.1) is 0 Å². The van der Waals surface area contributed by atoms with E-state index < -0.39 is 0 Å². The lowest BCUT2D eigenvalue weighted by Crippen LogP contribution is -2.19. The molecule has 1 saturated heterocycles. The molecule has 0 aliphatic carbocycles. The van der Waals surface area contributed by atoms with Crippen LogP contribution in [0.3, 0.4) is 0 Å². The number of ether oxygens (including phenoxy) is 1. The Labute approximate surface area is 107 Å². The Balaban J connectivity index is 1.84. The van der Waals surface area contributed by atoms with E-state index in [2.05, 4.69) is 0 Å². The zero-order valence-corrected chi connectivity index (χ0v) is 10.6. The van der Waals surface area contributed by atoms with Crippen molar-refractivity contribution in [2.75, 3.05) is 13.2 Å². The van der Waals surface area contributed by atoms with Crippen LogP contribution in [0.5, 0.6) is 0 Å². The largest absolute Gasteiger partial charge is 0.381 e. The van der Waals surface area contributed by atoms with Gasteiger partial charge in [-0.25, -0.2) is 0 Å². The zero-order chi connectivity index (χ0) is 12.1. The average molecular weight is 253 g/mol. The highest BCUT2D eigenvalue weighted by atomic mass is 35.5. The first-order valence-corrected chi connectivity index (χ1v) is 6.46. The van der Waals surface area contributed by atoms with Crippen molar-refractivity contribution in [3.05, 3.63) is 34.9 Å². The maximum Gasteiger partial charge on any atom is 0.137 e. The molecule has 0 amide bonds. The second-order valence-electron chi connectivity index (χ2n) is 4.61. The van der Waals surface area contributed by atoms with Crippen molar-refractivity contribution in [2.45, 2.75) is 25.7 Å². The van der Waals surface area contributed by atoms with E-state index in [0.717, 1.165) is 31.6 Å². The molecule has 0 N–H and O–H groups in total. The van der Waals surface area contributed by atoms with Crippen molar-refractivity contribution in [2.24, 2.45) is 5.92 Å². The molecule has 0 spiro atoms. The Morgan fingerprint density at radius 3 is 2.82 bits per heavy atom. The number of carbonyl (C=O) groups excluding carboxylic acids is 1. The smallest absolute Gasteiger partial charge is 0.137 e. The van der Waals surface area contributed by atoms with Gasteiger partial charge < -0.3 is 4.74 Å². The predicted octanol–water partition coefficient (Wildman–Crippen LogP) is 3.27. The van der Waals surface area contributed by atoms with Gasteiger partial charge in [0.25, 0.3) is 0 Å². The number of hydrogen-bond donors (Lipinski definition) is 0. The van der Waals surface area contributed by atoms with E-state index in [1.165, 1.54) is 0 Å². The van der Waals surface area contributed by atoms with E-state index in [-0.39, 0.29) is 0 Å². The van der Waals surface area contributed by atoms with Crippen LogP contribution in [0, 0.1) is 5.92 Å². The summed E-state index contributed by atoms with van der Waals surface area (Å²) >= 11 is 5.89.